The standard InChI is InChI=1S/C32H56N6O15.C18H26O9.C5H11N3O2.BH4/c1-41-7-9-43-5-3-37-27-29(33-35-37)31(39)52-25-23-50-21-19-48-17-15-47-16-18-49-20-22-51-24-26-53-32(40)30-28-38(36-34-30)4-6-44-11-12-46-14-13-45-10-8-42-2;1-3-17(19)26-15-13-24-11-9-22-7-5-21-6-8-23-10-12-25-14-16-27-18(20)4-2;1-9-4-5-10-3-2-7-8-6;/h27-28H,3-26H2,1-2H3;1-2H,5-16H2;2-5H2,1H3;1H4/q;;;-1. The van der Waals surface area contributed by atoms with Gasteiger partial charge in [0.2, 0.25) is 0 Å². The zero-order valence-electron chi connectivity index (χ0n) is 52.2. The first-order valence-corrected chi connectivity index (χ1v) is 28.8. The lowest BCUT2D eigenvalue weighted by molar-refractivity contribution is -0.139. The molecule has 0 radical (unpaired) electrons. The predicted molar refractivity (Wildman–Crippen MR) is 323 cm³/mol. The number of carbonyl (C=O) groups is 4. The third kappa shape index (κ3) is 62.5. The summed E-state index contributed by atoms with van der Waals surface area (Å²) in [4.78, 5) is 48.0. The van der Waals surface area contributed by atoms with Gasteiger partial charge in [-0.25, -0.2) is 28.5 Å². The van der Waals surface area contributed by atoms with E-state index < -0.39 is 23.9 Å². The lowest BCUT2D eigenvalue weighted by atomic mass is 10.5. The van der Waals surface area contributed by atoms with E-state index in [1.54, 1.807) is 21.3 Å². The molecule has 0 aliphatic rings. The number of aromatic nitrogens is 6. The third-order valence-electron chi connectivity index (χ3n) is 9.92. The van der Waals surface area contributed by atoms with Gasteiger partial charge in [-0.2, -0.15) is 0 Å². The normalized spacial score (nSPS) is 10.6. The van der Waals surface area contributed by atoms with Gasteiger partial charge in [0, 0.05) is 44.6 Å². The molecule has 0 spiro atoms. The summed E-state index contributed by atoms with van der Waals surface area (Å²) in [5, 5.41) is 18.7. The Hall–Kier alpha value is -6.07. The molecule has 0 fully saturated rings. The van der Waals surface area contributed by atoms with E-state index in [2.05, 4.69) is 40.1 Å². The summed E-state index contributed by atoms with van der Waals surface area (Å²) >= 11 is 0. The second-order valence-electron chi connectivity index (χ2n) is 16.7. The Morgan fingerprint density at radius 2 is 0.615 bits per heavy atom. The zero-order chi connectivity index (χ0) is 65.5. The molecule has 2 aromatic heterocycles. The van der Waals surface area contributed by atoms with Gasteiger partial charge in [-0.15, -0.1) is 23.0 Å². The molecule has 2 rings (SSSR count). The molecule has 36 heteroatoms. The Balaban J connectivity index is 0. The van der Waals surface area contributed by atoms with Gasteiger partial charge in [0.15, 0.2) is 11.4 Å². The number of hydrogen-bond acceptors (Lipinski definition) is 31. The number of hydrogen-bond donors (Lipinski definition) is 0. The van der Waals surface area contributed by atoms with Gasteiger partial charge < -0.3 is 104 Å². The highest BCUT2D eigenvalue weighted by Gasteiger charge is 2.14. The van der Waals surface area contributed by atoms with E-state index in [4.69, 9.17) is 113 Å². The lowest BCUT2D eigenvalue weighted by Crippen LogP contribution is -2.15. The number of methoxy groups -OCH3 is 3. The van der Waals surface area contributed by atoms with Crippen LogP contribution in [0.25, 0.3) is 10.4 Å². The lowest BCUT2D eigenvalue weighted by Gasteiger charge is -2.08. The fourth-order valence-corrected chi connectivity index (χ4v) is 5.61. The highest BCUT2D eigenvalue weighted by Crippen LogP contribution is 2.00. The van der Waals surface area contributed by atoms with Crippen LogP contribution in [-0.4, -0.2) is 335 Å². The Labute approximate surface area is 533 Å². The Bertz CT molecular complexity index is 2080. The summed E-state index contributed by atoms with van der Waals surface area (Å²) in [7, 11) is 4.83. The Morgan fingerprint density at radius 3 is 0.868 bits per heavy atom. The third-order valence-corrected chi connectivity index (χ3v) is 9.92. The predicted octanol–water partition coefficient (Wildman–Crippen LogP) is -1.74. The number of rotatable bonds is 62. The van der Waals surface area contributed by atoms with Crippen molar-refractivity contribution in [1.82, 2.24) is 30.0 Å². The summed E-state index contributed by atoms with van der Waals surface area (Å²) in [6.45, 7) is 15.5. The van der Waals surface area contributed by atoms with Crippen LogP contribution in [0.4, 0.5) is 0 Å². The molecule has 0 unspecified atom stereocenters. The van der Waals surface area contributed by atoms with Crippen molar-refractivity contribution >= 4 is 32.3 Å². The highest BCUT2D eigenvalue weighted by atomic mass is 16.6. The molecule has 0 saturated carbocycles. The van der Waals surface area contributed by atoms with Crippen LogP contribution >= 0.6 is 0 Å². The van der Waals surface area contributed by atoms with Crippen molar-refractivity contribution in [1.29, 1.82) is 0 Å². The largest absolute Gasteiger partial charge is 0.458 e. The minimum atomic E-state index is -0.702. The van der Waals surface area contributed by atoms with Gasteiger partial charge in [-0.3, -0.25) is 0 Å². The SMILES string of the molecule is C#CC(=O)OCCOCCOCCOCCOCCOCCOC(=O)C#C.COCCOCCN=[N+]=[N-].COCCOCCOCCOCCn1cc(C(=O)OCCOCCOCCOCCOCCOCCOC(=O)c2cn(CCOCCOC)nn2)nn1.[BH4-]. The number of esters is 4. The highest BCUT2D eigenvalue weighted by molar-refractivity contribution is 5.88. The van der Waals surface area contributed by atoms with E-state index in [1.165, 1.54) is 21.8 Å². The van der Waals surface area contributed by atoms with Crippen molar-refractivity contribution in [3.05, 3.63) is 34.2 Å². The number of azide groups is 1. The van der Waals surface area contributed by atoms with Crippen LogP contribution in [0.1, 0.15) is 21.0 Å². The van der Waals surface area contributed by atoms with Crippen molar-refractivity contribution in [3.63, 3.8) is 0 Å². The Morgan fingerprint density at radius 1 is 0.385 bits per heavy atom. The molecule has 35 nitrogen and oxygen atoms in total. The molecule has 0 saturated heterocycles. The summed E-state index contributed by atoms with van der Waals surface area (Å²) in [6, 6.07) is 0. The molecule has 0 N–H and O–H groups in total. The average Bonchev–Trinajstić information content (AvgIpc) is 4.33. The van der Waals surface area contributed by atoms with Crippen molar-refractivity contribution in [2.45, 2.75) is 13.1 Å². The molecule has 2 heterocycles. The van der Waals surface area contributed by atoms with Crippen LogP contribution in [0, 0.1) is 24.7 Å². The van der Waals surface area contributed by atoms with Crippen LogP contribution in [0.15, 0.2) is 17.5 Å². The van der Waals surface area contributed by atoms with Gasteiger partial charge in [0.25, 0.3) is 0 Å². The van der Waals surface area contributed by atoms with Crippen LogP contribution < -0.4 is 0 Å². The number of carbonyl (C=O) groups excluding carboxylic acids is 4. The van der Waals surface area contributed by atoms with Crippen molar-refractivity contribution in [2.24, 2.45) is 5.11 Å². The molecule has 0 atom stereocenters. The zero-order valence-corrected chi connectivity index (χ0v) is 52.2. The molecular weight excluding hydrogens is 1210 g/mol. The quantitative estimate of drug-likeness (QED) is 0.00816. The maximum atomic E-state index is 12.2. The fourth-order valence-electron chi connectivity index (χ4n) is 5.61. The van der Waals surface area contributed by atoms with Crippen molar-refractivity contribution in [3.8, 4) is 24.7 Å². The van der Waals surface area contributed by atoms with E-state index in [-0.39, 0.29) is 72.7 Å². The molecule has 0 bridgehead atoms. The number of terminal acetylenes is 2. The summed E-state index contributed by atoms with van der Waals surface area (Å²) < 4.78 is 117. The maximum absolute atomic E-state index is 12.2. The molecule has 0 aromatic carbocycles. The molecule has 91 heavy (non-hydrogen) atoms. The van der Waals surface area contributed by atoms with E-state index in [0.717, 1.165) is 0 Å². The second kappa shape index (κ2) is 71.4. The smallest absolute Gasteiger partial charge is 0.384 e. The van der Waals surface area contributed by atoms with Crippen LogP contribution in [0.3, 0.4) is 0 Å². The van der Waals surface area contributed by atoms with E-state index in [0.29, 0.717) is 211 Å². The maximum Gasteiger partial charge on any atom is 0.384 e. The van der Waals surface area contributed by atoms with Crippen LogP contribution in [0.5, 0.6) is 0 Å². The first-order valence-electron chi connectivity index (χ1n) is 28.8. The van der Waals surface area contributed by atoms with Gasteiger partial charge in [0.05, 0.1) is 244 Å². The van der Waals surface area contributed by atoms with E-state index in [1.807, 2.05) is 11.8 Å². The topological polar surface area (TPSA) is 382 Å². The Kier molecular flexibility index (Phi) is 68.2. The average molecular weight is 1310 g/mol. The minimum absolute atomic E-state index is 0. The van der Waals surface area contributed by atoms with Crippen LogP contribution in [0.2, 0.25) is 0 Å². The summed E-state index contributed by atoms with van der Waals surface area (Å²) in [5.74, 6) is 1.11. The number of ether oxygens (including phenoxy) is 22. The first-order chi connectivity index (χ1) is 44.3. The van der Waals surface area contributed by atoms with E-state index in [9.17, 15) is 19.2 Å². The number of nitrogens with zero attached hydrogens (tertiary/aromatic N) is 9. The van der Waals surface area contributed by atoms with Gasteiger partial charge >= 0.3 is 23.9 Å². The first kappa shape index (κ1) is 87.0. The van der Waals surface area contributed by atoms with Gasteiger partial charge in [-0.05, 0) is 5.53 Å². The molecular formula is C55H97BN9O26-. The van der Waals surface area contributed by atoms with Gasteiger partial charge in [0.1, 0.15) is 26.4 Å². The van der Waals surface area contributed by atoms with Crippen molar-refractivity contribution < 1.29 is 123 Å². The second-order valence-corrected chi connectivity index (χ2v) is 16.7. The molecule has 0 aliphatic heterocycles. The fraction of sp³-hybridized carbons (Fsp3) is 0.782. The van der Waals surface area contributed by atoms with E-state index >= 15 is 0 Å². The molecule has 522 valence electrons. The summed E-state index contributed by atoms with van der Waals surface area (Å²) in [5.41, 5.74) is 8.07. The van der Waals surface area contributed by atoms with Crippen LogP contribution in [-0.2, 0) is 127 Å². The monoisotopic (exact) mass is 1310 g/mol. The van der Waals surface area contributed by atoms with Gasteiger partial charge in [-0.1, -0.05) is 24.0 Å². The summed E-state index contributed by atoms with van der Waals surface area (Å²) in [6.07, 6.45) is 12.7. The molecule has 2 aromatic rings. The minimum Gasteiger partial charge on any atom is -0.458 e. The molecule has 0 amide bonds. The molecule has 0 aliphatic carbocycles. The van der Waals surface area contributed by atoms with Crippen molar-refractivity contribution in [2.75, 3.05) is 272 Å².